The van der Waals surface area contributed by atoms with Gasteiger partial charge in [-0.05, 0) is 51.8 Å². The lowest BCUT2D eigenvalue weighted by atomic mass is 9.98. The van der Waals surface area contributed by atoms with Gasteiger partial charge >= 0.3 is 0 Å². The van der Waals surface area contributed by atoms with Gasteiger partial charge in [0, 0.05) is 36.7 Å². The molecule has 0 unspecified atom stereocenters. The van der Waals surface area contributed by atoms with Gasteiger partial charge in [0.05, 0.1) is 6.61 Å². The molecule has 1 amide bonds. The van der Waals surface area contributed by atoms with E-state index in [9.17, 15) is 4.79 Å². The molecule has 2 rings (SSSR count). The predicted octanol–water partition coefficient (Wildman–Crippen LogP) is 4.25. The van der Waals surface area contributed by atoms with Crippen LogP contribution in [0.5, 0.6) is 5.75 Å². The third-order valence-electron chi connectivity index (χ3n) is 4.14. The number of nitrogens with zero attached hydrogens (tertiary/aromatic N) is 1. The number of hydrogen-bond acceptors (Lipinski definition) is 3. The van der Waals surface area contributed by atoms with E-state index in [1.54, 1.807) is 25.1 Å². The standard InChI is InChI=1S/C19H25NO3/c1-8-22-18-13(4)19-16(12(3)14(5)23-19)10-15(18)11(2)9-17(21)20(6)7/h9-10H,8H2,1-7H3/b11-9+. The first kappa shape index (κ1) is 17.1. The number of carbonyl (C=O) groups excluding carboxylic acids is 1. The first-order valence-electron chi connectivity index (χ1n) is 7.84. The monoisotopic (exact) mass is 315 g/mol. The van der Waals surface area contributed by atoms with E-state index in [4.69, 9.17) is 9.15 Å². The summed E-state index contributed by atoms with van der Waals surface area (Å²) >= 11 is 0. The second kappa shape index (κ2) is 6.49. The van der Waals surface area contributed by atoms with Crippen LogP contribution in [0, 0.1) is 20.8 Å². The Morgan fingerprint density at radius 3 is 2.48 bits per heavy atom. The molecule has 0 aliphatic heterocycles. The van der Waals surface area contributed by atoms with Crippen molar-refractivity contribution in [3.8, 4) is 5.75 Å². The Hall–Kier alpha value is -2.23. The molecular weight excluding hydrogens is 290 g/mol. The number of ether oxygens (including phenoxy) is 1. The number of allylic oxidation sites excluding steroid dienone is 1. The summed E-state index contributed by atoms with van der Waals surface area (Å²) in [6.07, 6.45) is 1.64. The van der Waals surface area contributed by atoms with Crippen molar-refractivity contribution in [2.45, 2.75) is 34.6 Å². The molecule has 124 valence electrons. The third kappa shape index (κ3) is 3.11. The highest BCUT2D eigenvalue weighted by atomic mass is 16.5. The summed E-state index contributed by atoms with van der Waals surface area (Å²) in [5, 5.41) is 1.07. The minimum absolute atomic E-state index is 0.0391. The van der Waals surface area contributed by atoms with Crippen molar-refractivity contribution < 1.29 is 13.9 Å². The number of furan rings is 1. The van der Waals surface area contributed by atoms with Crippen LogP contribution in [0.2, 0.25) is 0 Å². The Morgan fingerprint density at radius 2 is 1.91 bits per heavy atom. The van der Waals surface area contributed by atoms with Crippen LogP contribution in [0.1, 0.15) is 36.3 Å². The maximum atomic E-state index is 12.0. The van der Waals surface area contributed by atoms with Gasteiger partial charge in [-0.1, -0.05) is 0 Å². The number of aryl methyl sites for hydroxylation is 3. The number of likely N-dealkylation sites (N-methyl/N-ethyl adjacent to an activating group) is 1. The van der Waals surface area contributed by atoms with E-state index < -0.39 is 0 Å². The number of carbonyl (C=O) groups is 1. The average Bonchev–Trinajstić information content (AvgIpc) is 2.77. The quantitative estimate of drug-likeness (QED) is 0.792. The SMILES string of the molecule is CCOc1c(/C(C)=C/C(=O)N(C)C)cc2c(C)c(C)oc2c1C. The van der Waals surface area contributed by atoms with Gasteiger partial charge in [-0.3, -0.25) is 4.79 Å². The highest BCUT2D eigenvalue weighted by molar-refractivity contribution is 5.98. The molecule has 1 aromatic carbocycles. The van der Waals surface area contributed by atoms with Crippen LogP contribution in [-0.2, 0) is 4.79 Å². The van der Waals surface area contributed by atoms with Crippen molar-refractivity contribution in [1.82, 2.24) is 4.90 Å². The summed E-state index contributed by atoms with van der Waals surface area (Å²) in [7, 11) is 3.49. The van der Waals surface area contributed by atoms with Gasteiger partial charge < -0.3 is 14.1 Å². The van der Waals surface area contributed by atoms with Crippen molar-refractivity contribution in [2.24, 2.45) is 0 Å². The maximum absolute atomic E-state index is 12.0. The Balaban J connectivity index is 2.72. The van der Waals surface area contributed by atoms with Crippen LogP contribution < -0.4 is 4.74 Å². The lowest BCUT2D eigenvalue weighted by molar-refractivity contribution is -0.123. The van der Waals surface area contributed by atoms with E-state index in [0.717, 1.165) is 44.7 Å². The highest BCUT2D eigenvalue weighted by Crippen LogP contribution is 2.38. The van der Waals surface area contributed by atoms with Crippen molar-refractivity contribution in [2.75, 3.05) is 20.7 Å². The molecule has 0 saturated carbocycles. The topological polar surface area (TPSA) is 42.7 Å². The minimum Gasteiger partial charge on any atom is -0.493 e. The molecule has 0 aliphatic rings. The number of hydrogen-bond donors (Lipinski definition) is 0. The van der Waals surface area contributed by atoms with Crippen molar-refractivity contribution in [3.63, 3.8) is 0 Å². The zero-order valence-electron chi connectivity index (χ0n) is 15.0. The van der Waals surface area contributed by atoms with Gasteiger partial charge in [-0.15, -0.1) is 0 Å². The summed E-state index contributed by atoms with van der Waals surface area (Å²) in [6, 6.07) is 2.06. The number of amides is 1. The summed E-state index contributed by atoms with van der Waals surface area (Å²) < 4.78 is 11.8. The number of fused-ring (bicyclic) bond motifs is 1. The Morgan fingerprint density at radius 1 is 1.26 bits per heavy atom. The molecule has 0 aliphatic carbocycles. The van der Waals surface area contributed by atoms with E-state index in [2.05, 4.69) is 13.0 Å². The number of rotatable bonds is 4. The lowest BCUT2D eigenvalue weighted by Gasteiger charge is -2.15. The lowest BCUT2D eigenvalue weighted by Crippen LogP contribution is -2.19. The number of benzene rings is 1. The van der Waals surface area contributed by atoms with Crippen molar-refractivity contribution in [1.29, 1.82) is 0 Å². The van der Waals surface area contributed by atoms with Crippen LogP contribution in [0.15, 0.2) is 16.6 Å². The molecule has 1 aromatic heterocycles. The molecule has 23 heavy (non-hydrogen) atoms. The van der Waals surface area contributed by atoms with Crippen molar-refractivity contribution in [3.05, 3.63) is 34.6 Å². The van der Waals surface area contributed by atoms with Crippen LogP contribution in [-0.4, -0.2) is 31.5 Å². The van der Waals surface area contributed by atoms with Gasteiger partial charge in [0.25, 0.3) is 0 Å². The fraction of sp³-hybridized carbons (Fsp3) is 0.421. The van der Waals surface area contributed by atoms with E-state index in [-0.39, 0.29) is 5.91 Å². The van der Waals surface area contributed by atoms with Gasteiger partial charge in [0.2, 0.25) is 5.91 Å². The average molecular weight is 315 g/mol. The van der Waals surface area contributed by atoms with Gasteiger partial charge in [-0.25, -0.2) is 0 Å². The molecule has 0 bridgehead atoms. The molecule has 0 spiro atoms. The molecule has 0 radical (unpaired) electrons. The first-order valence-corrected chi connectivity index (χ1v) is 7.84. The third-order valence-corrected chi connectivity index (χ3v) is 4.14. The van der Waals surface area contributed by atoms with Crippen LogP contribution in [0.3, 0.4) is 0 Å². The van der Waals surface area contributed by atoms with E-state index in [1.807, 2.05) is 27.7 Å². The zero-order chi connectivity index (χ0) is 17.3. The normalized spacial score (nSPS) is 11.9. The molecule has 0 fully saturated rings. The summed E-state index contributed by atoms with van der Waals surface area (Å²) in [5.41, 5.74) is 4.78. The highest BCUT2D eigenvalue weighted by Gasteiger charge is 2.18. The van der Waals surface area contributed by atoms with E-state index in [0.29, 0.717) is 6.61 Å². The van der Waals surface area contributed by atoms with Gasteiger partial charge in [-0.2, -0.15) is 0 Å². The molecule has 0 N–H and O–H groups in total. The molecule has 0 saturated heterocycles. The molecule has 4 nitrogen and oxygen atoms in total. The predicted molar refractivity (Wildman–Crippen MR) is 93.9 cm³/mol. The largest absolute Gasteiger partial charge is 0.493 e. The fourth-order valence-electron chi connectivity index (χ4n) is 2.63. The Labute approximate surface area is 137 Å². The first-order chi connectivity index (χ1) is 10.8. The van der Waals surface area contributed by atoms with Gasteiger partial charge in [0.1, 0.15) is 17.1 Å². The molecule has 2 aromatic rings. The van der Waals surface area contributed by atoms with E-state index >= 15 is 0 Å². The Bertz CT molecular complexity index is 782. The smallest absolute Gasteiger partial charge is 0.246 e. The second-order valence-electron chi connectivity index (χ2n) is 6.03. The minimum atomic E-state index is -0.0391. The molecule has 0 atom stereocenters. The summed E-state index contributed by atoms with van der Waals surface area (Å²) in [6.45, 7) is 10.5. The fourth-order valence-corrected chi connectivity index (χ4v) is 2.63. The zero-order valence-corrected chi connectivity index (χ0v) is 15.0. The summed E-state index contributed by atoms with van der Waals surface area (Å²) in [5.74, 6) is 1.66. The molecule has 1 heterocycles. The summed E-state index contributed by atoms with van der Waals surface area (Å²) in [4.78, 5) is 13.6. The van der Waals surface area contributed by atoms with Crippen molar-refractivity contribution >= 4 is 22.4 Å². The second-order valence-corrected chi connectivity index (χ2v) is 6.03. The Kier molecular flexibility index (Phi) is 4.83. The van der Waals surface area contributed by atoms with Crippen LogP contribution >= 0.6 is 0 Å². The molecular formula is C19H25NO3. The maximum Gasteiger partial charge on any atom is 0.246 e. The molecule has 4 heteroatoms. The van der Waals surface area contributed by atoms with E-state index in [1.165, 1.54) is 0 Å². The van der Waals surface area contributed by atoms with Gasteiger partial charge in [0.15, 0.2) is 0 Å². The van der Waals surface area contributed by atoms with Crippen LogP contribution in [0.25, 0.3) is 16.5 Å². The van der Waals surface area contributed by atoms with Crippen LogP contribution in [0.4, 0.5) is 0 Å².